The van der Waals surface area contributed by atoms with Gasteiger partial charge in [-0.05, 0) is 25.1 Å². The molecule has 1 aliphatic heterocycles. The van der Waals surface area contributed by atoms with Crippen LogP contribution in [0.5, 0.6) is 0 Å². The number of rotatable bonds is 5. The highest BCUT2D eigenvalue weighted by Gasteiger charge is 2.21. The Morgan fingerprint density at radius 2 is 1.93 bits per heavy atom. The van der Waals surface area contributed by atoms with Crippen LogP contribution in [0.25, 0.3) is 21.9 Å². The number of carboxylic acids is 1. The van der Waals surface area contributed by atoms with E-state index in [2.05, 4.69) is 9.88 Å². The largest absolute Gasteiger partial charge is 0.477 e. The lowest BCUT2D eigenvalue weighted by Gasteiger charge is -2.36. The fourth-order valence-electron chi connectivity index (χ4n) is 3.97. The standard InChI is InChI=1S/C21H23FN4O4/c1-2-25-12-15(21(29)30)19(28)14-9-13-10-16(22)18(11-17(13)23-20(14)25)26-5-3-24(4-6-26)7-8-27/h9-12,27H,2-8H2,1H3,(H,29,30). The summed E-state index contributed by atoms with van der Waals surface area (Å²) in [5, 5.41) is 19.0. The molecule has 1 fully saturated rings. The molecule has 158 valence electrons. The number of piperazine rings is 1. The molecular formula is C21H23FN4O4. The first-order valence-corrected chi connectivity index (χ1v) is 9.91. The zero-order valence-electron chi connectivity index (χ0n) is 16.6. The maximum atomic E-state index is 14.9. The maximum absolute atomic E-state index is 14.9. The fourth-order valence-corrected chi connectivity index (χ4v) is 3.97. The highest BCUT2D eigenvalue weighted by molar-refractivity contribution is 5.96. The number of aromatic nitrogens is 2. The van der Waals surface area contributed by atoms with Gasteiger partial charge < -0.3 is 19.7 Å². The quantitative estimate of drug-likeness (QED) is 0.611. The number of β-amino-alcohol motifs (C(OH)–C–C–N with tert-alkyl or cyclic N) is 1. The number of anilines is 1. The number of carbonyl (C=O) groups is 1. The van der Waals surface area contributed by atoms with Gasteiger partial charge in [0.1, 0.15) is 17.0 Å². The van der Waals surface area contributed by atoms with Gasteiger partial charge in [0, 0.05) is 50.9 Å². The summed E-state index contributed by atoms with van der Waals surface area (Å²) >= 11 is 0. The lowest BCUT2D eigenvalue weighted by Crippen LogP contribution is -2.47. The van der Waals surface area contributed by atoms with Gasteiger partial charge in [0.15, 0.2) is 0 Å². The van der Waals surface area contributed by atoms with Crippen LogP contribution in [0.2, 0.25) is 0 Å². The molecule has 0 bridgehead atoms. The Kier molecular flexibility index (Phi) is 5.40. The van der Waals surface area contributed by atoms with Crippen molar-refractivity contribution in [3.63, 3.8) is 0 Å². The molecule has 0 spiro atoms. The van der Waals surface area contributed by atoms with Gasteiger partial charge in [-0.3, -0.25) is 9.69 Å². The average Bonchev–Trinajstić information content (AvgIpc) is 2.73. The van der Waals surface area contributed by atoms with Crippen LogP contribution in [0.1, 0.15) is 17.3 Å². The molecule has 1 aliphatic rings. The normalized spacial score (nSPS) is 15.2. The number of fused-ring (bicyclic) bond motifs is 2. The average molecular weight is 414 g/mol. The summed E-state index contributed by atoms with van der Waals surface area (Å²) in [7, 11) is 0. The first-order chi connectivity index (χ1) is 14.4. The van der Waals surface area contributed by atoms with E-state index in [9.17, 15) is 19.1 Å². The number of hydrogen-bond donors (Lipinski definition) is 2. The van der Waals surface area contributed by atoms with Gasteiger partial charge in [0.05, 0.1) is 23.2 Å². The van der Waals surface area contributed by atoms with Gasteiger partial charge in [-0.15, -0.1) is 0 Å². The van der Waals surface area contributed by atoms with E-state index in [1.807, 2.05) is 11.8 Å². The Labute approximate surface area is 171 Å². The van der Waals surface area contributed by atoms with Crippen LogP contribution in [0.4, 0.5) is 10.1 Å². The number of aliphatic hydroxyl groups is 1. The molecule has 2 aromatic heterocycles. The zero-order valence-corrected chi connectivity index (χ0v) is 16.6. The van der Waals surface area contributed by atoms with Crippen LogP contribution in [-0.4, -0.2) is 70.0 Å². The summed E-state index contributed by atoms with van der Waals surface area (Å²) in [5.41, 5.74) is 0.418. The number of aromatic carboxylic acids is 1. The van der Waals surface area contributed by atoms with E-state index in [1.54, 1.807) is 10.6 Å². The SMILES string of the molecule is CCn1cc(C(=O)O)c(=O)c2cc3cc(F)c(N4CCN(CCO)CC4)cc3nc21. The number of aliphatic hydroxyl groups excluding tert-OH is 1. The molecule has 0 amide bonds. The van der Waals surface area contributed by atoms with Gasteiger partial charge >= 0.3 is 5.97 Å². The highest BCUT2D eigenvalue weighted by Crippen LogP contribution is 2.28. The number of aryl methyl sites for hydroxylation is 1. The molecule has 3 aromatic rings. The predicted molar refractivity (Wildman–Crippen MR) is 112 cm³/mol. The second-order valence-electron chi connectivity index (χ2n) is 7.37. The van der Waals surface area contributed by atoms with E-state index >= 15 is 0 Å². The molecule has 0 unspecified atom stereocenters. The van der Waals surface area contributed by atoms with Crippen molar-refractivity contribution in [2.75, 3.05) is 44.2 Å². The van der Waals surface area contributed by atoms with Crippen LogP contribution >= 0.6 is 0 Å². The Bertz CT molecular complexity index is 1190. The Balaban J connectivity index is 1.81. The third-order valence-electron chi connectivity index (χ3n) is 5.61. The monoisotopic (exact) mass is 414 g/mol. The van der Waals surface area contributed by atoms with E-state index in [1.165, 1.54) is 18.3 Å². The van der Waals surface area contributed by atoms with E-state index in [0.717, 1.165) is 13.1 Å². The van der Waals surface area contributed by atoms with E-state index in [-0.39, 0.29) is 17.6 Å². The number of halogens is 1. The van der Waals surface area contributed by atoms with Gasteiger partial charge in [-0.1, -0.05) is 0 Å². The molecule has 1 saturated heterocycles. The second-order valence-corrected chi connectivity index (χ2v) is 7.37. The molecule has 0 saturated carbocycles. The third kappa shape index (κ3) is 3.50. The van der Waals surface area contributed by atoms with E-state index in [0.29, 0.717) is 48.4 Å². The number of carboxylic acid groups (broad SMARTS) is 1. The Hall–Kier alpha value is -3.04. The molecule has 1 aromatic carbocycles. The second kappa shape index (κ2) is 8.00. The Morgan fingerprint density at radius 1 is 1.20 bits per heavy atom. The number of hydrogen-bond acceptors (Lipinski definition) is 6. The van der Waals surface area contributed by atoms with Crippen LogP contribution in [0.3, 0.4) is 0 Å². The van der Waals surface area contributed by atoms with Gasteiger partial charge in [-0.2, -0.15) is 0 Å². The van der Waals surface area contributed by atoms with Crippen molar-refractivity contribution >= 4 is 33.6 Å². The number of nitrogens with zero attached hydrogens (tertiary/aromatic N) is 4. The predicted octanol–water partition coefficient (Wildman–Crippen LogP) is 1.52. The van der Waals surface area contributed by atoms with Crippen LogP contribution < -0.4 is 10.3 Å². The molecule has 9 heteroatoms. The first-order valence-electron chi connectivity index (χ1n) is 9.91. The summed E-state index contributed by atoms with van der Waals surface area (Å²) < 4.78 is 16.5. The van der Waals surface area contributed by atoms with Crippen molar-refractivity contribution in [2.24, 2.45) is 0 Å². The van der Waals surface area contributed by atoms with E-state index in [4.69, 9.17) is 5.11 Å². The molecule has 2 N–H and O–H groups in total. The van der Waals surface area contributed by atoms with Crippen molar-refractivity contribution in [1.82, 2.24) is 14.5 Å². The first kappa shape index (κ1) is 20.2. The van der Waals surface area contributed by atoms with Crippen LogP contribution in [0, 0.1) is 5.82 Å². The summed E-state index contributed by atoms with van der Waals surface area (Å²) in [6, 6.07) is 4.55. The Morgan fingerprint density at radius 3 is 2.57 bits per heavy atom. The zero-order chi connectivity index (χ0) is 21.4. The van der Waals surface area contributed by atoms with Gasteiger partial charge in [-0.25, -0.2) is 14.2 Å². The van der Waals surface area contributed by atoms with Gasteiger partial charge in [0.2, 0.25) is 5.43 Å². The molecule has 3 heterocycles. The van der Waals surface area contributed by atoms with Crippen molar-refractivity contribution < 1.29 is 19.4 Å². The summed E-state index contributed by atoms with van der Waals surface area (Å²) in [6.07, 6.45) is 1.30. The minimum atomic E-state index is -1.30. The fraction of sp³-hybridized carbons (Fsp3) is 0.381. The maximum Gasteiger partial charge on any atom is 0.341 e. The molecular weight excluding hydrogens is 391 g/mol. The molecule has 0 aliphatic carbocycles. The molecule has 4 rings (SSSR count). The molecule has 0 radical (unpaired) electrons. The molecule has 8 nitrogen and oxygen atoms in total. The van der Waals surface area contributed by atoms with Crippen molar-refractivity contribution in [2.45, 2.75) is 13.5 Å². The number of pyridine rings is 2. The molecule has 0 atom stereocenters. The van der Waals surface area contributed by atoms with Crippen molar-refractivity contribution in [3.05, 3.63) is 46.0 Å². The van der Waals surface area contributed by atoms with Crippen molar-refractivity contribution in [1.29, 1.82) is 0 Å². The topological polar surface area (TPSA) is 98.9 Å². The smallest absolute Gasteiger partial charge is 0.341 e. The minimum absolute atomic E-state index is 0.101. The van der Waals surface area contributed by atoms with E-state index < -0.39 is 17.2 Å². The minimum Gasteiger partial charge on any atom is -0.477 e. The molecule has 30 heavy (non-hydrogen) atoms. The third-order valence-corrected chi connectivity index (χ3v) is 5.61. The lowest BCUT2D eigenvalue weighted by atomic mass is 10.1. The van der Waals surface area contributed by atoms with Crippen LogP contribution in [0.15, 0.2) is 29.2 Å². The lowest BCUT2D eigenvalue weighted by molar-refractivity contribution is 0.0695. The summed E-state index contributed by atoms with van der Waals surface area (Å²) in [5.74, 6) is -1.71. The van der Waals surface area contributed by atoms with Gasteiger partial charge in [0.25, 0.3) is 0 Å². The summed E-state index contributed by atoms with van der Waals surface area (Å²) in [6.45, 7) is 5.72. The van der Waals surface area contributed by atoms with Crippen LogP contribution in [-0.2, 0) is 6.54 Å². The van der Waals surface area contributed by atoms with Crippen molar-refractivity contribution in [3.8, 4) is 0 Å². The summed E-state index contributed by atoms with van der Waals surface area (Å²) in [4.78, 5) is 32.7. The number of benzene rings is 1. The highest BCUT2D eigenvalue weighted by atomic mass is 19.1.